The van der Waals surface area contributed by atoms with Crippen molar-refractivity contribution in [3.05, 3.63) is 29.8 Å². The molecule has 0 aromatic heterocycles. The van der Waals surface area contributed by atoms with Gasteiger partial charge in [0.05, 0.1) is 13.2 Å². The van der Waals surface area contributed by atoms with Gasteiger partial charge in [-0.15, -0.1) is 0 Å². The fraction of sp³-hybridized carbons (Fsp3) is 0.412. The van der Waals surface area contributed by atoms with E-state index in [2.05, 4.69) is 6.92 Å². The Morgan fingerprint density at radius 2 is 1.91 bits per heavy atom. The highest BCUT2D eigenvalue weighted by Crippen LogP contribution is 2.29. The molecule has 0 heterocycles. The van der Waals surface area contributed by atoms with E-state index >= 15 is 0 Å². The van der Waals surface area contributed by atoms with Crippen molar-refractivity contribution in [1.82, 2.24) is 0 Å². The first-order valence-corrected chi connectivity index (χ1v) is 7.43. The summed E-state index contributed by atoms with van der Waals surface area (Å²) >= 11 is 0. The van der Waals surface area contributed by atoms with Gasteiger partial charge in [0.25, 0.3) is 5.78 Å². The van der Waals surface area contributed by atoms with Crippen LogP contribution in [-0.4, -0.2) is 30.1 Å². The molecular weight excluding hydrogens is 284 g/mol. The highest BCUT2D eigenvalue weighted by molar-refractivity contribution is 6.38. The van der Waals surface area contributed by atoms with E-state index in [1.165, 1.54) is 6.08 Å². The second kappa shape index (κ2) is 9.60. The van der Waals surface area contributed by atoms with Crippen LogP contribution in [0, 0.1) is 0 Å². The van der Waals surface area contributed by atoms with Gasteiger partial charge in [-0.1, -0.05) is 31.9 Å². The molecule has 22 heavy (non-hydrogen) atoms. The maximum absolute atomic E-state index is 11.1. The number of carbonyl (C=O) groups excluding carboxylic acids is 1. The van der Waals surface area contributed by atoms with E-state index in [-0.39, 0.29) is 0 Å². The van der Waals surface area contributed by atoms with E-state index in [0.29, 0.717) is 30.3 Å². The molecule has 1 N–H and O–H groups in total. The van der Waals surface area contributed by atoms with Crippen LogP contribution in [0.1, 0.15) is 38.7 Å². The van der Waals surface area contributed by atoms with E-state index in [0.717, 1.165) is 25.3 Å². The van der Waals surface area contributed by atoms with Gasteiger partial charge in [0.15, 0.2) is 11.5 Å². The third kappa shape index (κ3) is 5.99. The average molecular weight is 306 g/mol. The largest absolute Gasteiger partial charge is 0.490 e. The second-order valence-corrected chi connectivity index (χ2v) is 4.70. The average Bonchev–Trinajstić information content (AvgIpc) is 2.50. The molecule has 0 radical (unpaired) electrons. The van der Waals surface area contributed by atoms with Crippen molar-refractivity contribution in [1.29, 1.82) is 0 Å². The molecule has 0 aliphatic carbocycles. The number of ether oxygens (including phenoxy) is 2. The maximum atomic E-state index is 11.1. The van der Waals surface area contributed by atoms with Crippen LogP contribution < -0.4 is 9.47 Å². The van der Waals surface area contributed by atoms with E-state index in [1.54, 1.807) is 18.2 Å². The number of unbranched alkanes of at least 4 members (excludes halogenated alkanes) is 2. The molecule has 1 aromatic carbocycles. The summed E-state index contributed by atoms with van der Waals surface area (Å²) in [5.74, 6) is -1.20. The van der Waals surface area contributed by atoms with Crippen molar-refractivity contribution in [2.45, 2.75) is 33.1 Å². The standard InChI is InChI=1S/C17H22O5/c1-3-5-6-11-22-15-10-8-13(12-16(15)21-4-2)7-9-14(18)17(19)20/h7-10,12H,3-6,11H2,1-2H3,(H,19,20)/b9-7+. The Morgan fingerprint density at radius 1 is 1.14 bits per heavy atom. The summed E-state index contributed by atoms with van der Waals surface area (Å²) in [4.78, 5) is 21.5. The van der Waals surface area contributed by atoms with Gasteiger partial charge in [-0.3, -0.25) is 4.79 Å². The maximum Gasteiger partial charge on any atom is 0.376 e. The summed E-state index contributed by atoms with van der Waals surface area (Å²) in [6.45, 7) is 5.12. The van der Waals surface area contributed by atoms with Crippen molar-refractivity contribution in [3.8, 4) is 11.5 Å². The van der Waals surface area contributed by atoms with E-state index in [9.17, 15) is 9.59 Å². The minimum absolute atomic E-state index is 0.493. The number of hydrogen-bond donors (Lipinski definition) is 1. The van der Waals surface area contributed by atoms with Crippen LogP contribution in [0.25, 0.3) is 6.08 Å². The second-order valence-electron chi connectivity index (χ2n) is 4.70. The molecule has 0 saturated heterocycles. The molecule has 0 fully saturated rings. The van der Waals surface area contributed by atoms with Gasteiger partial charge in [-0.25, -0.2) is 4.79 Å². The van der Waals surface area contributed by atoms with Gasteiger partial charge in [-0.2, -0.15) is 0 Å². The normalized spacial score (nSPS) is 10.6. The van der Waals surface area contributed by atoms with Gasteiger partial charge < -0.3 is 14.6 Å². The summed E-state index contributed by atoms with van der Waals surface area (Å²) in [5, 5.41) is 8.54. The molecule has 0 atom stereocenters. The summed E-state index contributed by atoms with van der Waals surface area (Å²) in [6, 6.07) is 5.25. The molecule has 1 aromatic rings. The Bertz CT molecular complexity index is 534. The lowest BCUT2D eigenvalue weighted by Crippen LogP contribution is -2.08. The van der Waals surface area contributed by atoms with Gasteiger partial charge in [0.1, 0.15) is 0 Å². The predicted molar refractivity (Wildman–Crippen MR) is 84.3 cm³/mol. The minimum atomic E-state index is -1.47. The SMILES string of the molecule is CCCCCOc1ccc(/C=C/C(=O)C(=O)O)cc1OCC. The van der Waals surface area contributed by atoms with E-state index in [1.807, 2.05) is 6.92 Å². The zero-order chi connectivity index (χ0) is 16.4. The van der Waals surface area contributed by atoms with Crippen LogP contribution in [0.4, 0.5) is 0 Å². The fourth-order valence-corrected chi connectivity index (χ4v) is 1.79. The Morgan fingerprint density at radius 3 is 2.55 bits per heavy atom. The number of carboxylic acids is 1. The quantitative estimate of drug-likeness (QED) is 0.408. The van der Waals surface area contributed by atoms with Crippen LogP contribution >= 0.6 is 0 Å². The lowest BCUT2D eigenvalue weighted by atomic mass is 10.1. The number of benzene rings is 1. The molecule has 1 rings (SSSR count). The molecule has 0 bridgehead atoms. The van der Waals surface area contributed by atoms with Gasteiger partial charge in [-0.05, 0) is 37.1 Å². The van der Waals surface area contributed by atoms with E-state index < -0.39 is 11.8 Å². The number of carboxylic acid groups (broad SMARTS) is 1. The molecule has 5 nitrogen and oxygen atoms in total. The number of hydrogen-bond acceptors (Lipinski definition) is 4. The molecular formula is C17H22O5. The van der Waals surface area contributed by atoms with Crippen molar-refractivity contribution in [2.75, 3.05) is 13.2 Å². The highest BCUT2D eigenvalue weighted by atomic mass is 16.5. The van der Waals surface area contributed by atoms with Crippen molar-refractivity contribution >= 4 is 17.8 Å². The van der Waals surface area contributed by atoms with E-state index in [4.69, 9.17) is 14.6 Å². The molecule has 0 aliphatic heterocycles. The summed E-state index contributed by atoms with van der Waals surface area (Å²) in [7, 11) is 0. The number of aliphatic carboxylic acids is 1. The van der Waals surface area contributed by atoms with Crippen LogP contribution in [0.2, 0.25) is 0 Å². The topological polar surface area (TPSA) is 72.8 Å². The Hall–Kier alpha value is -2.30. The monoisotopic (exact) mass is 306 g/mol. The van der Waals surface area contributed by atoms with Crippen LogP contribution in [0.15, 0.2) is 24.3 Å². The minimum Gasteiger partial charge on any atom is -0.490 e. The molecule has 0 unspecified atom stereocenters. The van der Waals surface area contributed by atoms with Crippen molar-refractivity contribution < 1.29 is 24.2 Å². The lowest BCUT2D eigenvalue weighted by molar-refractivity contribution is -0.146. The first-order valence-electron chi connectivity index (χ1n) is 7.43. The summed E-state index contributed by atoms with van der Waals surface area (Å²) in [6.07, 6.45) is 5.69. The molecule has 120 valence electrons. The predicted octanol–water partition coefficient (Wildman–Crippen LogP) is 3.32. The van der Waals surface area contributed by atoms with Crippen LogP contribution in [-0.2, 0) is 9.59 Å². The lowest BCUT2D eigenvalue weighted by Gasteiger charge is -2.12. The third-order valence-corrected chi connectivity index (χ3v) is 2.91. The summed E-state index contributed by atoms with van der Waals surface area (Å²) < 4.78 is 11.2. The summed E-state index contributed by atoms with van der Waals surface area (Å²) in [5.41, 5.74) is 0.680. The molecule has 0 saturated carbocycles. The van der Waals surface area contributed by atoms with Crippen molar-refractivity contribution in [3.63, 3.8) is 0 Å². The Balaban J connectivity index is 2.80. The molecule has 0 spiro atoms. The smallest absolute Gasteiger partial charge is 0.376 e. The first kappa shape index (κ1) is 17.8. The number of rotatable bonds is 10. The first-order chi connectivity index (χ1) is 10.6. The van der Waals surface area contributed by atoms with Gasteiger partial charge in [0.2, 0.25) is 0 Å². The zero-order valence-electron chi connectivity index (χ0n) is 13.0. The number of ketones is 1. The highest BCUT2D eigenvalue weighted by Gasteiger charge is 2.08. The Labute approximate surface area is 130 Å². The Kier molecular flexibility index (Phi) is 7.75. The molecule has 0 amide bonds. The fourth-order valence-electron chi connectivity index (χ4n) is 1.79. The van der Waals surface area contributed by atoms with Crippen molar-refractivity contribution in [2.24, 2.45) is 0 Å². The van der Waals surface area contributed by atoms with Crippen LogP contribution in [0.3, 0.4) is 0 Å². The third-order valence-electron chi connectivity index (χ3n) is 2.91. The molecule has 0 aliphatic rings. The zero-order valence-corrected chi connectivity index (χ0v) is 13.0. The van der Waals surface area contributed by atoms with Gasteiger partial charge >= 0.3 is 5.97 Å². The molecule has 5 heteroatoms. The number of carbonyl (C=O) groups is 2. The van der Waals surface area contributed by atoms with Gasteiger partial charge in [0, 0.05) is 0 Å². The van der Waals surface area contributed by atoms with Crippen LogP contribution in [0.5, 0.6) is 11.5 Å².